The molecule has 1 spiro atoms. The Balaban J connectivity index is 1.71. The van der Waals surface area contributed by atoms with Gasteiger partial charge in [-0.05, 0) is 32.8 Å². The largest absolute Gasteiger partial charge is 0.417 e. The second-order valence-corrected chi connectivity index (χ2v) is 7.37. The highest BCUT2D eigenvalue weighted by Gasteiger charge is 2.44. The van der Waals surface area contributed by atoms with E-state index in [0.717, 1.165) is 31.6 Å². The van der Waals surface area contributed by atoms with E-state index in [1.54, 1.807) is 0 Å². The van der Waals surface area contributed by atoms with Gasteiger partial charge in [0.1, 0.15) is 5.82 Å². The molecule has 128 valence electrons. The number of alkyl halides is 3. The Morgan fingerprint density at radius 1 is 1.26 bits per heavy atom. The van der Waals surface area contributed by atoms with Gasteiger partial charge in [-0.1, -0.05) is 11.6 Å². The van der Waals surface area contributed by atoms with Crippen LogP contribution in [0.3, 0.4) is 0 Å². The Hall–Kier alpha value is -1.05. The summed E-state index contributed by atoms with van der Waals surface area (Å²) in [6, 6.07) is 0.948. The van der Waals surface area contributed by atoms with Crippen molar-refractivity contribution in [3.8, 4) is 0 Å². The summed E-state index contributed by atoms with van der Waals surface area (Å²) in [5.74, 6) is 0.423. The molecule has 2 aliphatic heterocycles. The monoisotopic (exact) mass is 348 g/mol. The molecule has 3 heterocycles. The average molecular weight is 349 g/mol. The van der Waals surface area contributed by atoms with Crippen molar-refractivity contribution in [1.29, 1.82) is 0 Å². The van der Waals surface area contributed by atoms with Crippen molar-refractivity contribution >= 4 is 17.4 Å². The van der Waals surface area contributed by atoms with Crippen LogP contribution in [0.4, 0.5) is 19.0 Å². The highest BCUT2D eigenvalue weighted by atomic mass is 35.5. The lowest BCUT2D eigenvalue weighted by Gasteiger charge is -2.41. The predicted octanol–water partition coefficient (Wildman–Crippen LogP) is 3.02. The molecule has 3 rings (SSSR count). The smallest absolute Gasteiger partial charge is 0.355 e. The molecule has 0 aromatic carbocycles. The van der Waals surface area contributed by atoms with Crippen molar-refractivity contribution in [3.05, 3.63) is 22.8 Å². The van der Waals surface area contributed by atoms with E-state index in [4.69, 9.17) is 11.6 Å². The van der Waals surface area contributed by atoms with Gasteiger partial charge in [-0.15, -0.1) is 0 Å². The normalized spacial score (nSPS) is 23.5. The molecular weight excluding hydrogens is 329 g/mol. The van der Waals surface area contributed by atoms with Gasteiger partial charge in [0.25, 0.3) is 0 Å². The van der Waals surface area contributed by atoms with E-state index in [1.807, 2.05) is 4.90 Å². The Morgan fingerprint density at radius 3 is 2.39 bits per heavy atom. The molecule has 23 heavy (non-hydrogen) atoms. The molecule has 0 aliphatic carbocycles. The first-order valence-electron chi connectivity index (χ1n) is 7.62. The van der Waals surface area contributed by atoms with Gasteiger partial charge in [-0.2, -0.15) is 13.2 Å². The SMILES string of the molecule is CC1(C)CNC2(CCN(c3ncc(C(F)(F)F)cc3Cl)CC2)N1. The number of nitrogens with zero attached hydrogens (tertiary/aromatic N) is 2. The Kier molecular flexibility index (Phi) is 4.01. The third-order valence-corrected chi connectivity index (χ3v) is 4.79. The third kappa shape index (κ3) is 3.41. The van der Waals surface area contributed by atoms with Crippen LogP contribution in [-0.2, 0) is 6.18 Å². The second-order valence-electron chi connectivity index (χ2n) is 6.96. The van der Waals surface area contributed by atoms with E-state index in [2.05, 4.69) is 29.5 Å². The van der Waals surface area contributed by atoms with Crippen LogP contribution in [0.2, 0.25) is 5.02 Å². The van der Waals surface area contributed by atoms with Crippen LogP contribution in [-0.4, -0.2) is 35.8 Å². The Labute approximate surface area is 138 Å². The fourth-order valence-electron chi connectivity index (χ4n) is 3.35. The number of pyridine rings is 1. The fourth-order valence-corrected chi connectivity index (χ4v) is 3.63. The van der Waals surface area contributed by atoms with Gasteiger partial charge in [-0.25, -0.2) is 4.98 Å². The molecule has 0 saturated carbocycles. The van der Waals surface area contributed by atoms with Crippen LogP contribution in [0.15, 0.2) is 12.3 Å². The molecule has 0 unspecified atom stereocenters. The third-order valence-electron chi connectivity index (χ3n) is 4.51. The molecule has 0 atom stereocenters. The lowest BCUT2D eigenvalue weighted by atomic mass is 9.96. The summed E-state index contributed by atoms with van der Waals surface area (Å²) < 4.78 is 38.1. The summed E-state index contributed by atoms with van der Waals surface area (Å²) >= 11 is 6.03. The number of hydrogen-bond acceptors (Lipinski definition) is 4. The minimum atomic E-state index is -4.43. The maximum absolute atomic E-state index is 12.7. The number of nitrogens with one attached hydrogen (secondary N) is 2. The minimum Gasteiger partial charge on any atom is -0.355 e. The number of hydrogen-bond donors (Lipinski definition) is 2. The molecule has 2 N–H and O–H groups in total. The number of piperidine rings is 1. The zero-order valence-electron chi connectivity index (χ0n) is 13.1. The standard InChI is InChI=1S/C15H20ClF3N4/c1-13(2)9-21-14(22-13)3-5-23(6-4-14)12-11(16)7-10(8-20-12)15(17,18)19/h7-8,21-22H,3-6,9H2,1-2H3. The number of anilines is 1. The van der Waals surface area contributed by atoms with Crippen molar-refractivity contribution in [1.82, 2.24) is 15.6 Å². The topological polar surface area (TPSA) is 40.2 Å². The van der Waals surface area contributed by atoms with Crippen molar-refractivity contribution in [2.45, 2.75) is 44.1 Å². The van der Waals surface area contributed by atoms with Gasteiger partial charge in [0.15, 0.2) is 0 Å². The molecule has 1 aromatic heterocycles. The van der Waals surface area contributed by atoms with Gasteiger partial charge in [0, 0.05) is 31.4 Å². The van der Waals surface area contributed by atoms with E-state index < -0.39 is 11.7 Å². The predicted molar refractivity (Wildman–Crippen MR) is 83.6 cm³/mol. The number of halogens is 4. The van der Waals surface area contributed by atoms with Crippen LogP contribution >= 0.6 is 11.6 Å². The van der Waals surface area contributed by atoms with E-state index in [9.17, 15) is 13.2 Å². The van der Waals surface area contributed by atoms with E-state index in [0.29, 0.717) is 18.9 Å². The van der Waals surface area contributed by atoms with Crippen LogP contribution in [0, 0.1) is 0 Å². The molecule has 2 saturated heterocycles. The van der Waals surface area contributed by atoms with Gasteiger partial charge in [-0.3, -0.25) is 10.6 Å². The van der Waals surface area contributed by atoms with E-state index in [1.165, 1.54) is 0 Å². The summed E-state index contributed by atoms with van der Waals surface area (Å²) in [5, 5.41) is 7.20. The van der Waals surface area contributed by atoms with Crippen molar-refractivity contribution < 1.29 is 13.2 Å². The van der Waals surface area contributed by atoms with E-state index >= 15 is 0 Å². The second kappa shape index (κ2) is 5.50. The number of aromatic nitrogens is 1. The molecule has 0 amide bonds. The van der Waals surface area contributed by atoms with Gasteiger partial charge >= 0.3 is 6.18 Å². The Morgan fingerprint density at radius 2 is 1.91 bits per heavy atom. The van der Waals surface area contributed by atoms with Crippen LogP contribution < -0.4 is 15.5 Å². The molecule has 0 radical (unpaired) electrons. The van der Waals surface area contributed by atoms with Gasteiger partial charge in [0.05, 0.1) is 16.2 Å². The lowest BCUT2D eigenvalue weighted by molar-refractivity contribution is -0.137. The summed E-state index contributed by atoms with van der Waals surface area (Å²) in [5.41, 5.74) is -0.870. The quantitative estimate of drug-likeness (QED) is 0.818. The maximum Gasteiger partial charge on any atom is 0.417 e. The van der Waals surface area contributed by atoms with Crippen molar-refractivity contribution in [2.75, 3.05) is 24.5 Å². The summed E-state index contributed by atoms with van der Waals surface area (Å²) in [6.45, 7) is 6.57. The summed E-state index contributed by atoms with van der Waals surface area (Å²) in [4.78, 5) is 5.89. The molecule has 2 aliphatic rings. The average Bonchev–Trinajstić information content (AvgIpc) is 2.74. The zero-order valence-corrected chi connectivity index (χ0v) is 13.9. The first-order valence-corrected chi connectivity index (χ1v) is 8.00. The summed E-state index contributed by atoms with van der Waals surface area (Å²) in [7, 11) is 0. The number of rotatable bonds is 1. The highest BCUT2D eigenvalue weighted by Crippen LogP contribution is 2.35. The molecule has 8 heteroatoms. The van der Waals surface area contributed by atoms with Crippen molar-refractivity contribution in [2.24, 2.45) is 0 Å². The van der Waals surface area contributed by atoms with E-state index in [-0.39, 0.29) is 16.2 Å². The molecule has 1 aromatic rings. The van der Waals surface area contributed by atoms with Gasteiger partial charge < -0.3 is 4.90 Å². The van der Waals surface area contributed by atoms with Crippen LogP contribution in [0.1, 0.15) is 32.3 Å². The Bertz CT molecular complexity index is 595. The van der Waals surface area contributed by atoms with Crippen LogP contribution in [0.5, 0.6) is 0 Å². The highest BCUT2D eigenvalue weighted by molar-refractivity contribution is 6.33. The summed E-state index contributed by atoms with van der Waals surface area (Å²) in [6.07, 6.45) is -1.89. The lowest BCUT2D eigenvalue weighted by Crippen LogP contribution is -2.58. The molecule has 2 fully saturated rings. The molecule has 4 nitrogen and oxygen atoms in total. The molecular formula is C15H20ClF3N4. The van der Waals surface area contributed by atoms with Crippen molar-refractivity contribution in [3.63, 3.8) is 0 Å². The molecule has 0 bridgehead atoms. The fraction of sp³-hybridized carbons (Fsp3) is 0.667. The minimum absolute atomic E-state index is 0.0449. The first-order chi connectivity index (χ1) is 10.6. The maximum atomic E-state index is 12.7. The zero-order chi connectivity index (χ0) is 16.9. The van der Waals surface area contributed by atoms with Crippen LogP contribution in [0.25, 0.3) is 0 Å². The first kappa shape index (κ1) is 16.8. The van der Waals surface area contributed by atoms with Gasteiger partial charge in [0.2, 0.25) is 0 Å².